The minimum absolute atomic E-state index is 0.186. The molecule has 212 valence electrons. The summed E-state index contributed by atoms with van der Waals surface area (Å²) in [5.74, 6) is 0.594. The first kappa shape index (κ1) is 26.5. The number of halogens is 1. The van der Waals surface area contributed by atoms with Crippen LogP contribution in [0.1, 0.15) is 25.0 Å². The summed E-state index contributed by atoms with van der Waals surface area (Å²) in [7, 11) is 0. The molecule has 0 bridgehead atoms. The zero-order valence-corrected chi connectivity index (χ0v) is 25.2. The predicted octanol–water partition coefficient (Wildman–Crippen LogP) is 11.6. The molecular weight excluding hydrogens is 560 g/mol. The summed E-state index contributed by atoms with van der Waals surface area (Å²) >= 11 is 7.17. The molecular formula is C40H29ClN2O. The molecule has 0 N–H and O–H groups in total. The molecule has 7 aromatic rings. The Balaban J connectivity index is 1.29. The first-order chi connectivity index (χ1) is 21.5. The van der Waals surface area contributed by atoms with Gasteiger partial charge in [0.1, 0.15) is 5.52 Å². The van der Waals surface area contributed by atoms with Gasteiger partial charge in [-0.1, -0.05) is 110 Å². The molecule has 0 radical (unpaired) electrons. The molecule has 1 heterocycles. The van der Waals surface area contributed by atoms with Gasteiger partial charge >= 0.3 is 0 Å². The maximum absolute atomic E-state index is 7.17. The molecule has 0 aliphatic heterocycles. The van der Waals surface area contributed by atoms with Gasteiger partial charge in [-0.15, -0.1) is 0 Å². The normalized spacial score (nSPS) is 13.1. The van der Waals surface area contributed by atoms with Crippen molar-refractivity contribution in [1.29, 1.82) is 0 Å². The van der Waals surface area contributed by atoms with Gasteiger partial charge in [0.25, 0.3) is 0 Å². The van der Waals surface area contributed by atoms with Crippen molar-refractivity contribution in [3.05, 3.63) is 156 Å². The SMILES string of the molecule is CC1(C)c2ccccc2-c2c(Cl)cc(N(c3ccc(-c4ccccc4)cc3)c3cccc(-c4nc5ccccc5o4)c3)cc21. The van der Waals surface area contributed by atoms with Crippen LogP contribution in [0.2, 0.25) is 5.02 Å². The molecule has 6 aromatic carbocycles. The van der Waals surface area contributed by atoms with Crippen molar-refractivity contribution < 1.29 is 4.42 Å². The fourth-order valence-corrected chi connectivity index (χ4v) is 6.85. The van der Waals surface area contributed by atoms with Crippen molar-refractivity contribution >= 4 is 39.8 Å². The fourth-order valence-electron chi connectivity index (χ4n) is 6.53. The molecule has 3 nitrogen and oxygen atoms in total. The molecule has 0 saturated heterocycles. The highest BCUT2D eigenvalue weighted by molar-refractivity contribution is 6.34. The van der Waals surface area contributed by atoms with E-state index < -0.39 is 0 Å². The maximum atomic E-state index is 7.17. The number of rotatable bonds is 5. The zero-order valence-electron chi connectivity index (χ0n) is 24.5. The Morgan fingerprint density at radius 3 is 2.11 bits per heavy atom. The van der Waals surface area contributed by atoms with Gasteiger partial charge in [-0.3, -0.25) is 0 Å². The van der Waals surface area contributed by atoms with Crippen LogP contribution in [0.4, 0.5) is 17.1 Å². The van der Waals surface area contributed by atoms with Crippen molar-refractivity contribution in [2.24, 2.45) is 0 Å². The molecule has 0 saturated carbocycles. The number of anilines is 3. The first-order valence-electron chi connectivity index (χ1n) is 14.8. The molecule has 4 heteroatoms. The van der Waals surface area contributed by atoms with E-state index in [1.54, 1.807) is 0 Å². The average molecular weight is 589 g/mol. The predicted molar refractivity (Wildman–Crippen MR) is 182 cm³/mol. The van der Waals surface area contributed by atoms with Crippen LogP contribution < -0.4 is 4.90 Å². The Hall–Kier alpha value is -5.12. The number of hydrogen-bond donors (Lipinski definition) is 0. The van der Waals surface area contributed by atoms with Gasteiger partial charge in [0.15, 0.2) is 5.58 Å². The van der Waals surface area contributed by atoms with Gasteiger partial charge in [-0.25, -0.2) is 4.98 Å². The Bertz CT molecular complexity index is 2130. The van der Waals surface area contributed by atoms with E-state index in [0.717, 1.165) is 49.9 Å². The van der Waals surface area contributed by atoms with Crippen LogP contribution in [0.5, 0.6) is 0 Å². The summed E-state index contributed by atoms with van der Waals surface area (Å²) < 4.78 is 6.16. The number of benzene rings is 6. The molecule has 1 aliphatic carbocycles. The topological polar surface area (TPSA) is 29.3 Å². The van der Waals surface area contributed by atoms with Crippen LogP contribution in [0.3, 0.4) is 0 Å². The van der Waals surface area contributed by atoms with Crippen LogP contribution in [-0.4, -0.2) is 4.98 Å². The fraction of sp³-hybridized carbons (Fsp3) is 0.0750. The summed E-state index contributed by atoms with van der Waals surface area (Å²) in [5, 5.41) is 0.747. The van der Waals surface area contributed by atoms with E-state index in [4.69, 9.17) is 21.0 Å². The van der Waals surface area contributed by atoms with E-state index in [9.17, 15) is 0 Å². The van der Waals surface area contributed by atoms with Crippen LogP contribution >= 0.6 is 11.6 Å². The monoisotopic (exact) mass is 588 g/mol. The highest BCUT2D eigenvalue weighted by Crippen LogP contribution is 2.53. The number of fused-ring (bicyclic) bond motifs is 4. The standard InChI is InChI=1S/C40H29ClN2O/c1-40(2)33-16-7-6-15-32(33)38-34(40)24-31(25-35(38)41)43(29-21-19-27(20-22-29)26-11-4-3-5-12-26)30-14-10-13-28(23-30)39-42-36-17-8-9-18-37(36)44-39/h3-25H,1-2H3. The van der Waals surface area contributed by atoms with E-state index in [-0.39, 0.29) is 5.41 Å². The second kappa shape index (κ2) is 10.3. The van der Waals surface area contributed by atoms with Crippen molar-refractivity contribution in [2.75, 3.05) is 4.90 Å². The van der Waals surface area contributed by atoms with Crippen molar-refractivity contribution in [3.8, 4) is 33.7 Å². The first-order valence-corrected chi connectivity index (χ1v) is 15.2. The second-order valence-corrected chi connectivity index (χ2v) is 12.2. The maximum Gasteiger partial charge on any atom is 0.227 e. The van der Waals surface area contributed by atoms with Crippen molar-refractivity contribution in [1.82, 2.24) is 4.98 Å². The lowest BCUT2D eigenvalue weighted by atomic mass is 9.82. The second-order valence-electron chi connectivity index (χ2n) is 11.8. The van der Waals surface area contributed by atoms with Gasteiger partial charge in [-0.2, -0.15) is 0 Å². The highest BCUT2D eigenvalue weighted by atomic mass is 35.5. The van der Waals surface area contributed by atoms with E-state index in [1.165, 1.54) is 22.3 Å². The molecule has 0 fully saturated rings. The minimum atomic E-state index is -0.186. The van der Waals surface area contributed by atoms with E-state index in [1.807, 2.05) is 36.4 Å². The lowest BCUT2D eigenvalue weighted by Gasteiger charge is -2.29. The quantitative estimate of drug-likeness (QED) is 0.200. The summed E-state index contributed by atoms with van der Waals surface area (Å²) in [6, 6.07) is 48.4. The Labute approximate surface area is 262 Å². The molecule has 1 aliphatic rings. The van der Waals surface area contributed by atoms with E-state index in [0.29, 0.717) is 5.89 Å². The van der Waals surface area contributed by atoms with Crippen LogP contribution in [-0.2, 0) is 5.41 Å². The number of oxazole rings is 1. The molecule has 0 unspecified atom stereocenters. The minimum Gasteiger partial charge on any atom is -0.436 e. The van der Waals surface area contributed by atoms with Gasteiger partial charge in [-0.05, 0) is 82.4 Å². The summed E-state index contributed by atoms with van der Waals surface area (Å²) in [6.45, 7) is 4.56. The molecule has 0 atom stereocenters. The molecule has 0 amide bonds. The van der Waals surface area contributed by atoms with Gasteiger partial charge in [0.05, 0.1) is 5.02 Å². The number of nitrogens with zero attached hydrogens (tertiary/aromatic N) is 2. The lowest BCUT2D eigenvalue weighted by Crippen LogP contribution is -2.16. The van der Waals surface area contributed by atoms with Gasteiger partial charge < -0.3 is 9.32 Å². The average Bonchev–Trinajstić information content (AvgIpc) is 3.59. The highest BCUT2D eigenvalue weighted by Gasteiger charge is 2.37. The Morgan fingerprint density at radius 1 is 0.591 bits per heavy atom. The van der Waals surface area contributed by atoms with Crippen molar-refractivity contribution in [3.63, 3.8) is 0 Å². The van der Waals surface area contributed by atoms with Crippen LogP contribution in [0.15, 0.2) is 144 Å². The molecule has 44 heavy (non-hydrogen) atoms. The van der Waals surface area contributed by atoms with Crippen LogP contribution in [0.25, 0.3) is 44.8 Å². The zero-order chi connectivity index (χ0) is 29.8. The molecule has 1 aromatic heterocycles. The molecule has 8 rings (SSSR count). The third-order valence-corrected chi connectivity index (χ3v) is 9.05. The smallest absolute Gasteiger partial charge is 0.227 e. The van der Waals surface area contributed by atoms with Crippen molar-refractivity contribution in [2.45, 2.75) is 19.3 Å². The number of aromatic nitrogens is 1. The lowest BCUT2D eigenvalue weighted by molar-refractivity contribution is 0.620. The third-order valence-electron chi connectivity index (χ3n) is 8.75. The van der Waals surface area contributed by atoms with E-state index >= 15 is 0 Å². The van der Waals surface area contributed by atoms with Crippen LogP contribution in [0, 0.1) is 0 Å². The third kappa shape index (κ3) is 4.32. The Morgan fingerprint density at radius 2 is 1.30 bits per heavy atom. The van der Waals surface area contributed by atoms with E-state index in [2.05, 4.69) is 122 Å². The summed E-state index contributed by atoms with van der Waals surface area (Å²) in [5.41, 5.74) is 12.5. The summed E-state index contributed by atoms with van der Waals surface area (Å²) in [6.07, 6.45) is 0. The van der Waals surface area contributed by atoms with Gasteiger partial charge in [0, 0.05) is 33.6 Å². The Kier molecular flexibility index (Phi) is 6.18. The molecule has 0 spiro atoms. The van der Waals surface area contributed by atoms with Gasteiger partial charge in [0.2, 0.25) is 5.89 Å². The number of hydrogen-bond acceptors (Lipinski definition) is 3. The number of para-hydroxylation sites is 2. The largest absolute Gasteiger partial charge is 0.436 e. The summed E-state index contributed by atoms with van der Waals surface area (Å²) in [4.78, 5) is 7.04.